The van der Waals surface area contributed by atoms with Crippen molar-refractivity contribution in [1.82, 2.24) is 19.4 Å². The van der Waals surface area contributed by atoms with E-state index in [-0.39, 0.29) is 16.3 Å². The zero-order valence-electron chi connectivity index (χ0n) is 12.2. The molecule has 24 heavy (non-hydrogen) atoms. The van der Waals surface area contributed by atoms with Crippen LogP contribution in [0.15, 0.2) is 40.4 Å². The number of hydrogen-bond donors (Lipinski definition) is 0. The first-order chi connectivity index (χ1) is 11.3. The second-order valence-electron chi connectivity index (χ2n) is 4.81. The van der Waals surface area contributed by atoms with Gasteiger partial charge in [-0.2, -0.15) is 13.2 Å². The third-order valence-corrected chi connectivity index (χ3v) is 5.00. The van der Waals surface area contributed by atoms with Gasteiger partial charge in [0.15, 0.2) is 0 Å². The Bertz CT molecular complexity index is 941. The van der Waals surface area contributed by atoms with Gasteiger partial charge in [-0.15, -0.1) is 0 Å². The number of fused-ring (bicyclic) bond motifs is 1. The van der Waals surface area contributed by atoms with Crippen LogP contribution in [0.3, 0.4) is 0 Å². The summed E-state index contributed by atoms with van der Waals surface area (Å²) in [7, 11) is -1.61. The smallest absolute Gasteiger partial charge is 0.290 e. The van der Waals surface area contributed by atoms with E-state index in [1.807, 2.05) is 0 Å². The zero-order chi connectivity index (χ0) is 17.5. The molecular formula is C14H10BrF3N4OS. The van der Waals surface area contributed by atoms with Crippen molar-refractivity contribution in [1.29, 1.82) is 0 Å². The summed E-state index contributed by atoms with van der Waals surface area (Å²) in [4.78, 5) is 12.3. The lowest BCUT2D eigenvalue weighted by molar-refractivity contribution is -0.138. The molecule has 0 saturated heterocycles. The molecule has 5 nitrogen and oxygen atoms in total. The molecule has 0 radical (unpaired) electrons. The van der Waals surface area contributed by atoms with Crippen LogP contribution in [0.4, 0.5) is 13.2 Å². The molecule has 0 aliphatic carbocycles. The van der Waals surface area contributed by atoms with Crippen LogP contribution in [0, 0.1) is 0 Å². The van der Waals surface area contributed by atoms with Gasteiger partial charge in [0, 0.05) is 24.2 Å². The molecule has 126 valence electrons. The Hall–Kier alpha value is -1.81. The first-order valence-corrected chi connectivity index (χ1v) is 8.87. The highest BCUT2D eigenvalue weighted by Gasteiger charge is 2.32. The minimum Gasteiger partial charge on any atom is -0.290 e. The predicted molar refractivity (Wildman–Crippen MR) is 85.9 cm³/mol. The van der Waals surface area contributed by atoms with Crippen molar-refractivity contribution in [2.24, 2.45) is 0 Å². The van der Waals surface area contributed by atoms with Gasteiger partial charge in [0.2, 0.25) is 0 Å². The Morgan fingerprint density at radius 3 is 2.71 bits per heavy atom. The lowest BCUT2D eigenvalue weighted by Gasteiger charge is -2.10. The Morgan fingerprint density at radius 2 is 2.04 bits per heavy atom. The van der Waals surface area contributed by atoms with Crippen molar-refractivity contribution >= 4 is 32.4 Å². The highest BCUT2D eigenvalue weighted by Crippen LogP contribution is 2.33. The fourth-order valence-electron chi connectivity index (χ4n) is 2.10. The van der Waals surface area contributed by atoms with Gasteiger partial charge >= 0.3 is 6.18 Å². The fraction of sp³-hybridized carbons (Fsp3) is 0.214. The van der Waals surface area contributed by atoms with E-state index in [0.29, 0.717) is 15.9 Å². The largest absolute Gasteiger partial charge is 0.417 e. The zero-order valence-corrected chi connectivity index (χ0v) is 14.6. The van der Waals surface area contributed by atoms with Crippen LogP contribution in [0.2, 0.25) is 0 Å². The topological polar surface area (TPSA) is 60.2 Å². The summed E-state index contributed by atoms with van der Waals surface area (Å²) in [5.41, 5.74) is 0.112. The molecule has 0 aliphatic heterocycles. The van der Waals surface area contributed by atoms with Gasteiger partial charge in [0.05, 0.1) is 21.3 Å². The standard InChI is InChI=1S/C14H10BrF3N4OS/c1-2-24(23)10-3-8(14(16,17)18)5-19-13(10)9-6-22-7-20-11(15)4-12(22)21-9/h3-7H,2H2,1H3. The quantitative estimate of drug-likeness (QED) is 0.608. The van der Waals surface area contributed by atoms with Gasteiger partial charge in [-0.25, -0.2) is 9.97 Å². The number of alkyl halides is 3. The van der Waals surface area contributed by atoms with Crippen molar-refractivity contribution < 1.29 is 17.4 Å². The van der Waals surface area contributed by atoms with Crippen molar-refractivity contribution in [2.45, 2.75) is 18.0 Å². The second kappa shape index (κ2) is 6.25. The molecule has 3 rings (SSSR count). The fourth-order valence-corrected chi connectivity index (χ4v) is 3.34. The molecule has 0 bridgehead atoms. The first kappa shape index (κ1) is 17.0. The van der Waals surface area contributed by atoms with Crippen molar-refractivity contribution in [3.8, 4) is 11.4 Å². The number of nitrogens with zero attached hydrogens (tertiary/aromatic N) is 4. The van der Waals surface area contributed by atoms with Crippen LogP contribution in [0.5, 0.6) is 0 Å². The van der Waals surface area contributed by atoms with Gasteiger partial charge < -0.3 is 0 Å². The molecule has 0 amide bonds. The molecule has 0 spiro atoms. The van der Waals surface area contributed by atoms with E-state index >= 15 is 0 Å². The molecule has 0 aromatic carbocycles. The van der Waals surface area contributed by atoms with Gasteiger partial charge in [0.25, 0.3) is 0 Å². The monoisotopic (exact) mass is 418 g/mol. The average Bonchev–Trinajstić information content (AvgIpc) is 2.95. The van der Waals surface area contributed by atoms with E-state index in [4.69, 9.17) is 0 Å². The summed E-state index contributed by atoms with van der Waals surface area (Å²) < 4.78 is 53.1. The summed E-state index contributed by atoms with van der Waals surface area (Å²) in [6.07, 6.45) is -0.729. The molecule has 1 atom stereocenters. The second-order valence-corrected chi connectivity index (χ2v) is 7.33. The van der Waals surface area contributed by atoms with Gasteiger partial charge in [-0.1, -0.05) is 6.92 Å². The molecule has 10 heteroatoms. The van der Waals surface area contributed by atoms with Crippen LogP contribution in [0.1, 0.15) is 12.5 Å². The highest BCUT2D eigenvalue weighted by molar-refractivity contribution is 9.10. The van der Waals surface area contributed by atoms with Crippen molar-refractivity contribution in [2.75, 3.05) is 5.75 Å². The maximum absolute atomic E-state index is 12.9. The minimum absolute atomic E-state index is 0.0164. The number of imidazole rings is 1. The summed E-state index contributed by atoms with van der Waals surface area (Å²) in [6.45, 7) is 1.63. The van der Waals surface area contributed by atoms with E-state index in [2.05, 4.69) is 30.9 Å². The van der Waals surface area contributed by atoms with Gasteiger partial charge in [-0.3, -0.25) is 13.6 Å². The third-order valence-electron chi connectivity index (χ3n) is 3.24. The summed E-state index contributed by atoms with van der Waals surface area (Å²) in [5.74, 6) is 0.177. The van der Waals surface area contributed by atoms with Crippen LogP contribution in [-0.2, 0) is 17.0 Å². The predicted octanol–water partition coefficient (Wildman–Crippen LogP) is 3.70. The molecule has 3 aromatic heterocycles. The number of pyridine rings is 1. The highest BCUT2D eigenvalue weighted by atomic mass is 79.9. The molecule has 0 fully saturated rings. The number of halogens is 4. The molecule has 3 heterocycles. The summed E-state index contributed by atoms with van der Waals surface area (Å²) >= 11 is 3.22. The van der Waals surface area contributed by atoms with Crippen LogP contribution in [-0.4, -0.2) is 29.3 Å². The van der Waals surface area contributed by atoms with Gasteiger partial charge in [-0.05, 0) is 22.0 Å². The van der Waals surface area contributed by atoms with E-state index in [9.17, 15) is 17.4 Å². The SMILES string of the molecule is CCS(=O)c1cc(C(F)(F)F)cnc1-c1cn2cnc(Br)cc2n1. The number of hydrogen-bond acceptors (Lipinski definition) is 4. The molecule has 3 aromatic rings. The number of rotatable bonds is 3. The Kier molecular flexibility index (Phi) is 4.43. The summed E-state index contributed by atoms with van der Waals surface area (Å²) in [5, 5.41) is 0. The van der Waals surface area contributed by atoms with Crippen LogP contribution in [0.25, 0.3) is 17.0 Å². The van der Waals surface area contributed by atoms with E-state index in [1.54, 1.807) is 23.6 Å². The normalized spacial score (nSPS) is 13.4. The van der Waals surface area contributed by atoms with Gasteiger partial charge in [0.1, 0.15) is 28.0 Å². The van der Waals surface area contributed by atoms with Crippen molar-refractivity contribution in [3.63, 3.8) is 0 Å². The molecule has 0 aliphatic rings. The Labute approximate surface area is 145 Å². The Balaban J connectivity index is 2.19. The molecule has 1 unspecified atom stereocenters. The van der Waals surface area contributed by atoms with Crippen LogP contribution >= 0.6 is 15.9 Å². The average molecular weight is 419 g/mol. The molecular weight excluding hydrogens is 409 g/mol. The lowest BCUT2D eigenvalue weighted by Crippen LogP contribution is -2.09. The van der Waals surface area contributed by atoms with Crippen molar-refractivity contribution in [3.05, 3.63) is 41.0 Å². The number of aromatic nitrogens is 4. The maximum Gasteiger partial charge on any atom is 0.417 e. The molecule has 0 N–H and O–H groups in total. The maximum atomic E-state index is 12.9. The Morgan fingerprint density at radius 1 is 1.29 bits per heavy atom. The lowest BCUT2D eigenvalue weighted by atomic mass is 10.2. The van der Waals surface area contributed by atoms with E-state index in [1.165, 1.54) is 6.33 Å². The first-order valence-electron chi connectivity index (χ1n) is 6.76. The summed E-state index contributed by atoms with van der Waals surface area (Å²) in [6, 6.07) is 2.53. The third kappa shape index (κ3) is 3.20. The van der Waals surface area contributed by atoms with Crippen LogP contribution < -0.4 is 0 Å². The van der Waals surface area contributed by atoms with E-state index in [0.717, 1.165) is 12.3 Å². The minimum atomic E-state index is -4.55. The molecule has 0 saturated carbocycles. The van der Waals surface area contributed by atoms with E-state index < -0.39 is 22.5 Å².